The number of carbonyl (C=O) groups is 2. The van der Waals surface area contributed by atoms with Crippen molar-refractivity contribution in [3.05, 3.63) is 68.7 Å². The van der Waals surface area contributed by atoms with Gasteiger partial charge in [0.1, 0.15) is 24.4 Å². The van der Waals surface area contributed by atoms with Crippen LogP contribution in [0.3, 0.4) is 0 Å². The molecule has 11 nitrogen and oxygen atoms in total. The summed E-state index contributed by atoms with van der Waals surface area (Å²) in [7, 11) is 0. The second-order valence-corrected chi connectivity index (χ2v) is 7.68. The Morgan fingerprint density at radius 1 is 1.14 bits per heavy atom. The highest BCUT2D eigenvalue weighted by Gasteiger charge is 2.50. The number of carbonyl (C=O) groups excluding carboxylic acids is 2. The zero-order valence-electron chi connectivity index (χ0n) is 17.5. The van der Waals surface area contributed by atoms with Crippen LogP contribution in [-0.2, 0) is 20.7 Å². The second kappa shape index (κ2) is 10.1. The minimum absolute atomic E-state index is 0.321. The Morgan fingerprint density at radius 3 is 2.37 bits per heavy atom. The molecule has 5 N–H and O–H groups in total. The predicted octanol–water partition coefficient (Wildman–Crippen LogP) is -1.49. The Labute approximate surface area is 192 Å². The summed E-state index contributed by atoms with van der Waals surface area (Å²) in [6, 6.07) is 5.60. The number of alkyl halides is 3. The van der Waals surface area contributed by atoms with Gasteiger partial charge in [-0.2, -0.15) is 17.6 Å². The molecule has 0 spiro atoms. The average Bonchev–Trinajstić information content (AvgIpc) is 3.09. The number of aromatic nitrogens is 2. The van der Waals surface area contributed by atoms with Crippen LogP contribution in [0.4, 0.5) is 17.6 Å². The van der Waals surface area contributed by atoms with Crippen molar-refractivity contribution in [1.82, 2.24) is 14.9 Å². The van der Waals surface area contributed by atoms with Crippen LogP contribution in [0.2, 0.25) is 0 Å². The molecule has 3 unspecified atom stereocenters. The Kier molecular flexibility index (Phi) is 7.54. The van der Waals surface area contributed by atoms with Crippen LogP contribution in [0.15, 0.2) is 46.1 Å². The van der Waals surface area contributed by atoms with Crippen LogP contribution in [-0.4, -0.2) is 73.2 Å². The van der Waals surface area contributed by atoms with Gasteiger partial charge in [-0.05, 0) is 12.0 Å². The standard InChI is InChI=1S/C20H19F4N3O8/c21-9-7-27(19(34)26-16(9)32)17-14(31)13(30)15(35-17)12(29)11(28)10(25-18(33)20(22,23)24)6-8-4-2-1-3-5-8/h1-5,7,10,12-15,17,29-31H,6H2,(H,25,33)(H,26,32,34)/t10?,12?,13-,14+,15+,17?/m0/s1. The summed E-state index contributed by atoms with van der Waals surface area (Å²) < 4.78 is 57.5. The van der Waals surface area contributed by atoms with Crippen LogP contribution >= 0.6 is 0 Å². The summed E-state index contributed by atoms with van der Waals surface area (Å²) in [4.78, 5) is 49.1. The van der Waals surface area contributed by atoms with Crippen LogP contribution in [0.25, 0.3) is 0 Å². The van der Waals surface area contributed by atoms with E-state index in [-0.39, 0.29) is 0 Å². The van der Waals surface area contributed by atoms with Gasteiger partial charge < -0.3 is 25.4 Å². The van der Waals surface area contributed by atoms with Crippen LogP contribution in [0.5, 0.6) is 0 Å². The number of nitrogens with one attached hydrogen (secondary N) is 2. The van der Waals surface area contributed by atoms with E-state index < -0.39 is 78.0 Å². The van der Waals surface area contributed by atoms with Gasteiger partial charge in [-0.3, -0.25) is 23.9 Å². The van der Waals surface area contributed by atoms with Gasteiger partial charge in [0.25, 0.3) is 5.56 Å². The zero-order valence-corrected chi connectivity index (χ0v) is 17.5. The number of amides is 1. The first-order valence-corrected chi connectivity index (χ1v) is 9.97. The molecule has 190 valence electrons. The van der Waals surface area contributed by atoms with E-state index >= 15 is 0 Å². The Bertz CT molecular complexity index is 1200. The van der Waals surface area contributed by atoms with Gasteiger partial charge in [-0.15, -0.1) is 0 Å². The summed E-state index contributed by atoms with van der Waals surface area (Å²) in [5, 5.41) is 32.5. The number of hydrogen-bond acceptors (Lipinski definition) is 8. The molecule has 1 aliphatic rings. The van der Waals surface area contributed by atoms with E-state index in [4.69, 9.17) is 4.74 Å². The lowest BCUT2D eigenvalue weighted by atomic mass is 9.94. The first-order chi connectivity index (χ1) is 16.3. The van der Waals surface area contributed by atoms with Crippen molar-refractivity contribution < 1.29 is 47.2 Å². The second-order valence-electron chi connectivity index (χ2n) is 7.68. The van der Waals surface area contributed by atoms with Gasteiger partial charge in [0.15, 0.2) is 12.0 Å². The molecular formula is C20H19F4N3O8. The van der Waals surface area contributed by atoms with Gasteiger partial charge in [-0.25, -0.2) is 4.79 Å². The van der Waals surface area contributed by atoms with E-state index in [0.717, 1.165) is 0 Å². The molecule has 15 heteroatoms. The molecule has 3 rings (SSSR count). The molecule has 1 aromatic carbocycles. The lowest BCUT2D eigenvalue weighted by molar-refractivity contribution is -0.175. The third-order valence-corrected chi connectivity index (χ3v) is 5.27. The number of rotatable bonds is 7. The van der Waals surface area contributed by atoms with Crippen molar-refractivity contribution in [1.29, 1.82) is 0 Å². The number of halogens is 4. The highest BCUT2D eigenvalue weighted by Crippen LogP contribution is 2.31. The minimum atomic E-state index is -5.35. The van der Waals surface area contributed by atoms with Crippen molar-refractivity contribution in [3.63, 3.8) is 0 Å². The Balaban J connectivity index is 1.86. The number of Topliss-reactive ketones (excluding diaryl/α,β-unsaturated/α-hetero) is 1. The summed E-state index contributed by atoms with van der Waals surface area (Å²) in [5.41, 5.74) is -2.31. The average molecular weight is 505 g/mol. The van der Waals surface area contributed by atoms with E-state index in [9.17, 15) is 52.1 Å². The van der Waals surface area contributed by atoms with Crippen LogP contribution in [0, 0.1) is 5.82 Å². The first kappa shape index (κ1) is 26.2. The molecule has 1 saturated heterocycles. The van der Waals surface area contributed by atoms with Gasteiger partial charge in [-0.1, -0.05) is 30.3 Å². The van der Waals surface area contributed by atoms with Gasteiger partial charge in [0.2, 0.25) is 5.82 Å². The lowest BCUT2D eigenvalue weighted by Gasteiger charge is -2.25. The molecule has 0 radical (unpaired) electrons. The highest BCUT2D eigenvalue weighted by molar-refractivity contribution is 5.93. The number of ether oxygens (including phenoxy) is 1. The molecule has 0 aliphatic carbocycles. The number of benzene rings is 1. The van der Waals surface area contributed by atoms with Gasteiger partial charge in [0, 0.05) is 0 Å². The quantitative estimate of drug-likeness (QED) is 0.284. The largest absolute Gasteiger partial charge is 0.471 e. The van der Waals surface area contributed by atoms with Crippen molar-refractivity contribution in [2.45, 2.75) is 49.3 Å². The predicted molar refractivity (Wildman–Crippen MR) is 106 cm³/mol. The number of hydrogen-bond donors (Lipinski definition) is 5. The van der Waals surface area contributed by atoms with Gasteiger partial charge >= 0.3 is 17.8 Å². The zero-order chi connectivity index (χ0) is 26.1. The summed E-state index contributed by atoms with van der Waals surface area (Å²) in [6.07, 6.45) is -15.8. The molecule has 1 amide bonds. The van der Waals surface area contributed by atoms with E-state index in [1.165, 1.54) is 29.6 Å². The summed E-state index contributed by atoms with van der Waals surface area (Å²) >= 11 is 0. The molecular weight excluding hydrogens is 486 g/mol. The van der Waals surface area contributed by atoms with Crippen LogP contribution < -0.4 is 16.6 Å². The van der Waals surface area contributed by atoms with E-state index in [0.29, 0.717) is 16.3 Å². The third kappa shape index (κ3) is 5.64. The van der Waals surface area contributed by atoms with E-state index in [2.05, 4.69) is 0 Å². The molecule has 0 saturated carbocycles. The smallest absolute Gasteiger partial charge is 0.387 e. The molecule has 2 aromatic rings. The molecule has 1 fully saturated rings. The fraction of sp³-hybridized carbons (Fsp3) is 0.400. The SMILES string of the molecule is O=C(C(Cc1ccccc1)NC(=O)C(F)(F)F)C(O)[C@H]1OC(n2cc(F)c(=O)[nH]c2=O)[C@H](O)[C@@H]1O. The number of aliphatic hydroxyl groups excluding tert-OH is 3. The highest BCUT2D eigenvalue weighted by atomic mass is 19.4. The van der Waals surface area contributed by atoms with Gasteiger partial charge in [0.05, 0.1) is 12.2 Å². The molecule has 35 heavy (non-hydrogen) atoms. The molecule has 1 aliphatic heterocycles. The maximum Gasteiger partial charge on any atom is 0.471 e. The summed E-state index contributed by atoms with van der Waals surface area (Å²) in [6.45, 7) is 0. The van der Waals surface area contributed by atoms with Crippen molar-refractivity contribution in [2.75, 3.05) is 0 Å². The number of ketones is 1. The monoisotopic (exact) mass is 505 g/mol. The maximum atomic E-state index is 13.6. The number of H-pyrrole nitrogens is 1. The fourth-order valence-electron chi connectivity index (χ4n) is 3.51. The Morgan fingerprint density at radius 2 is 1.77 bits per heavy atom. The molecule has 1 aromatic heterocycles. The fourth-order valence-corrected chi connectivity index (χ4v) is 3.51. The first-order valence-electron chi connectivity index (χ1n) is 9.97. The summed E-state index contributed by atoms with van der Waals surface area (Å²) in [5.74, 6) is -5.31. The van der Waals surface area contributed by atoms with Crippen LogP contribution in [0.1, 0.15) is 11.8 Å². The number of aromatic amines is 1. The van der Waals surface area contributed by atoms with Crippen molar-refractivity contribution >= 4 is 11.7 Å². The topological polar surface area (TPSA) is 171 Å². The molecule has 2 heterocycles. The normalized spacial score (nSPS) is 24.1. The number of aliphatic hydroxyl groups is 3. The van der Waals surface area contributed by atoms with E-state index in [1.807, 2.05) is 0 Å². The molecule has 6 atom stereocenters. The van der Waals surface area contributed by atoms with Crippen molar-refractivity contribution in [2.24, 2.45) is 0 Å². The van der Waals surface area contributed by atoms with Crippen molar-refractivity contribution in [3.8, 4) is 0 Å². The number of nitrogens with zero attached hydrogens (tertiary/aromatic N) is 1. The molecule has 0 bridgehead atoms. The lowest BCUT2D eigenvalue weighted by Crippen LogP contribution is -2.54. The Hall–Kier alpha value is -3.40. The third-order valence-electron chi connectivity index (χ3n) is 5.27. The minimum Gasteiger partial charge on any atom is -0.387 e. The van der Waals surface area contributed by atoms with E-state index in [1.54, 1.807) is 11.1 Å². The maximum absolute atomic E-state index is 13.6.